The van der Waals surface area contributed by atoms with Crippen LogP contribution in [0.3, 0.4) is 0 Å². The normalized spacial score (nSPS) is 18.4. The molecule has 0 unspecified atom stereocenters. The molecule has 0 aliphatic carbocycles. The highest BCUT2D eigenvalue weighted by Gasteiger charge is 2.20. The molecular weight excluding hydrogens is 222 g/mol. The second kappa shape index (κ2) is 4.56. The Morgan fingerprint density at radius 1 is 1.79 bits per heavy atom. The van der Waals surface area contributed by atoms with Gasteiger partial charge in [-0.25, -0.2) is 8.42 Å². The van der Waals surface area contributed by atoms with E-state index in [0.29, 0.717) is 12.3 Å². The average Bonchev–Trinajstić information content (AvgIpc) is 2.42. The van der Waals surface area contributed by atoms with E-state index in [4.69, 9.17) is 17.0 Å². The van der Waals surface area contributed by atoms with Crippen LogP contribution in [0.15, 0.2) is 24.4 Å². The standard InChI is InChI=1S/C8H11NO3S2/c1-2-4-12-8(13)9-7-3-5-14(10,11)6-7/h2-3H,1,4-6H2,(H,9,13). The molecule has 0 fully saturated rings. The lowest BCUT2D eigenvalue weighted by Crippen LogP contribution is -2.25. The second-order valence-electron chi connectivity index (χ2n) is 2.80. The van der Waals surface area contributed by atoms with Gasteiger partial charge in [0.05, 0.1) is 11.5 Å². The largest absolute Gasteiger partial charge is 0.467 e. The van der Waals surface area contributed by atoms with E-state index >= 15 is 0 Å². The molecule has 1 aliphatic heterocycles. The van der Waals surface area contributed by atoms with Gasteiger partial charge >= 0.3 is 0 Å². The van der Waals surface area contributed by atoms with Crippen molar-refractivity contribution in [1.82, 2.24) is 5.32 Å². The summed E-state index contributed by atoms with van der Waals surface area (Å²) in [6.07, 6.45) is 3.16. The molecule has 14 heavy (non-hydrogen) atoms. The minimum atomic E-state index is -2.95. The van der Waals surface area contributed by atoms with Crippen molar-refractivity contribution in [2.45, 2.75) is 0 Å². The predicted molar refractivity (Wildman–Crippen MR) is 58.6 cm³/mol. The topological polar surface area (TPSA) is 55.4 Å². The Kier molecular flexibility index (Phi) is 3.65. The minimum absolute atomic E-state index is 0.00455. The zero-order chi connectivity index (χ0) is 10.6. The molecule has 0 saturated heterocycles. The van der Waals surface area contributed by atoms with Gasteiger partial charge in [-0.05, 0) is 18.3 Å². The summed E-state index contributed by atoms with van der Waals surface area (Å²) in [4.78, 5) is 0. The van der Waals surface area contributed by atoms with Gasteiger partial charge in [0.1, 0.15) is 6.61 Å². The Hall–Kier alpha value is -0.880. The minimum Gasteiger partial charge on any atom is -0.467 e. The molecule has 0 amide bonds. The summed E-state index contributed by atoms with van der Waals surface area (Å²) in [5, 5.41) is 2.89. The highest BCUT2D eigenvalue weighted by atomic mass is 32.2. The van der Waals surface area contributed by atoms with E-state index in [1.165, 1.54) is 0 Å². The van der Waals surface area contributed by atoms with Crippen molar-refractivity contribution in [2.75, 3.05) is 18.1 Å². The number of hydrogen-bond donors (Lipinski definition) is 1. The van der Waals surface area contributed by atoms with Crippen molar-refractivity contribution < 1.29 is 13.2 Å². The first-order valence-electron chi connectivity index (χ1n) is 3.97. The summed E-state index contributed by atoms with van der Waals surface area (Å²) in [6.45, 7) is 3.78. The molecule has 0 atom stereocenters. The van der Waals surface area contributed by atoms with E-state index in [9.17, 15) is 8.42 Å². The third-order valence-corrected chi connectivity index (χ3v) is 3.20. The molecule has 4 nitrogen and oxygen atoms in total. The van der Waals surface area contributed by atoms with Gasteiger partial charge in [-0.1, -0.05) is 12.7 Å². The molecule has 1 aliphatic rings. The summed E-state index contributed by atoms with van der Waals surface area (Å²) in [5.74, 6) is 0.0734. The van der Waals surface area contributed by atoms with E-state index in [2.05, 4.69) is 11.9 Å². The van der Waals surface area contributed by atoms with Gasteiger partial charge in [0, 0.05) is 5.70 Å². The third-order valence-electron chi connectivity index (χ3n) is 1.55. The Morgan fingerprint density at radius 2 is 2.50 bits per heavy atom. The fourth-order valence-corrected chi connectivity index (χ4v) is 2.41. The molecule has 78 valence electrons. The highest BCUT2D eigenvalue weighted by Crippen LogP contribution is 2.08. The summed E-state index contributed by atoms with van der Waals surface area (Å²) in [6, 6.07) is 0. The van der Waals surface area contributed by atoms with Crippen LogP contribution in [-0.2, 0) is 14.6 Å². The SMILES string of the molecule is C=CCOC(=S)NC1=CCS(=O)(=O)C1. The Bertz CT molecular complexity index is 370. The van der Waals surface area contributed by atoms with Gasteiger partial charge < -0.3 is 10.1 Å². The monoisotopic (exact) mass is 233 g/mol. The van der Waals surface area contributed by atoms with Crippen LogP contribution in [0.4, 0.5) is 0 Å². The van der Waals surface area contributed by atoms with Crippen molar-refractivity contribution in [3.05, 3.63) is 24.4 Å². The Labute approximate surface area is 88.6 Å². The van der Waals surface area contributed by atoms with Crippen LogP contribution in [-0.4, -0.2) is 31.7 Å². The zero-order valence-electron chi connectivity index (χ0n) is 7.52. The zero-order valence-corrected chi connectivity index (χ0v) is 9.16. The van der Waals surface area contributed by atoms with Crippen molar-refractivity contribution in [2.24, 2.45) is 0 Å². The molecule has 0 saturated carbocycles. The number of nitrogens with one attached hydrogen (secondary N) is 1. The van der Waals surface area contributed by atoms with Gasteiger partial charge in [0.15, 0.2) is 9.84 Å². The maximum absolute atomic E-state index is 11.0. The molecule has 1 rings (SSSR count). The molecule has 0 aromatic rings. The molecule has 6 heteroatoms. The fourth-order valence-electron chi connectivity index (χ4n) is 0.971. The number of thiocarbonyl (C=S) groups is 1. The van der Waals surface area contributed by atoms with Crippen molar-refractivity contribution in [3.63, 3.8) is 0 Å². The molecule has 0 spiro atoms. The van der Waals surface area contributed by atoms with Crippen molar-refractivity contribution in [3.8, 4) is 0 Å². The Morgan fingerprint density at radius 3 is 3.00 bits per heavy atom. The van der Waals surface area contributed by atoms with Crippen LogP contribution in [0.2, 0.25) is 0 Å². The van der Waals surface area contributed by atoms with Crippen LogP contribution in [0, 0.1) is 0 Å². The number of hydrogen-bond acceptors (Lipinski definition) is 4. The molecular formula is C8H11NO3S2. The first kappa shape index (κ1) is 11.2. The van der Waals surface area contributed by atoms with Crippen LogP contribution in [0.5, 0.6) is 0 Å². The van der Waals surface area contributed by atoms with E-state index in [1.54, 1.807) is 12.2 Å². The highest BCUT2D eigenvalue weighted by molar-refractivity contribution is 7.92. The smallest absolute Gasteiger partial charge is 0.261 e. The van der Waals surface area contributed by atoms with Crippen LogP contribution in [0.1, 0.15) is 0 Å². The number of ether oxygens (including phenoxy) is 1. The summed E-state index contributed by atoms with van der Waals surface area (Å²) < 4.78 is 27.1. The summed E-state index contributed by atoms with van der Waals surface area (Å²) in [5.41, 5.74) is 0.582. The second-order valence-corrected chi connectivity index (χ2v) is 5.28. The van der Waals surface area contributed by atoms with Crippen LogP contribution >= 0.6 is 12.2 Å². The quantitative estimate of drug-likeness (QED) is 0.564. The van der Waals surface area contributed by atoms with E-state index in [-0.39, 0.29) is 16.7 Å². The fraction of sp³-hybridized carbons (Fsp3) is 0.375. The van der Waals surface area contributed by atoms with Gasteiger partial charge in [-0.2, -0.15) is 0 Å². The molecule has 0 aromatic carbocycles. The lowest BCUT2D eigenvalue weighted by Gasteiger charge is -2.07. The lowest BCUT2D eigenvalue weighted by atomic mass is 10.5. The average molecular weight is 233 g/mol. The summed E-state index contributed by atoms with van der Waals surface area (Å²) in [7, 11) is -2.95. The first-order valence-corrected chi connectivity index (χ1v) is 6.20. The van der Waals surface area contributed by atoms with Crippen molar-refractivity contribution >= 4 is 27.2 Å². The van der Waals surface area contributed by atoms with Crippen LogP contribution in [0.25, 0.3) is 0 Å². The van der Waals surface area contributed by atoms with Crippen LogP contribution < -0.4 is 5.32 Å². The van der Waals surface area contributed by atoms with Gasteiger partial charge in [0.25, 0.3) is 5.17 Å². The van der Waals surface area contributed by atoms with E-state index < -0.39 is 9.84 Å². The summed E-state index contributed by atoms with van der Waals surface area (Å²) >= 11 is 4.81. The molecule has 0 aromatic heterocycles. The van der Waals surface area contributed by atoms with E-state index in [0.717, 1.165) is 0 Å². The van der Waals surface area contributed by atoms with Gasteiger partial charge in [0.2, 0.25) is 0 Å². The van der Waals surface area contributed by atoms with Gasteiger partial charge in [-0.15, -0.1) is 0 Å². The third kappa shape index (κ3) is 3.47. The molecule has 1 heterocycles. The van der Waals surface area contributed by atoms with Gasteiger partial charge in [-0.3, -0.25) is 0 Å². The first-order chi connectivity index (χ1) is 6.53. The van der Waals surface area contributed by atoms with E-state index in [1.807, 2.05) is 0 Å². The molecule has 0 bridgehead atoms. The number of sulfone groups is 1. The Balaban J connectivity index is 2.40. The predicted octanol–water partition coefficient (Wildman–Crippen LogP) is 0.376. The number of rotatable bonds is 3. The molecule has 1 N–H and O–H groups in total. The molecule has 0 radical (unpaired) electrons. The maximum atomic E-state index is 11.0. The van der Waals surface area contributed by atoms with Crippen molar-refractivity contribution in [1.29, 1.82) is 0 Å². The lowest BCUT2D eigenvalue weighted by molar-refractivity contribution is 0.347. The maximum Gasteiger partial charge on any atom is 0.261 e.